The lowest BCUT2D eigenvalue weighted by Crippen LogP contribution is -2.47. The number of hydrogen-bond donors (Lipinski definition) is 2. The maximum Gasteiger partial charge on any atom is 0.252 e. The van der Waals surface area contributed by atoms with Crippen LogP contribution in [-0.4, -0.2) is 43.6 Å². The van der Waals surface area contributed by atoms with Crippen LogP contribution < -0.4 is 5.73 Å². The van der Waals surface area contributed by atoms with Crippen LogP contribution in [0.3, 0.4) is 0 Å². The van der Waals surface area contributed by atoms with E-state index in [0.717, 1.165) is 4.88 Å². The molecular weight excluding hydrogens is 272 g/mol. The molecule has 0 aliphatic rings. The Hall–Kier alpha value is -0.470. The first-order valence-corrected chi connectivity index (χ1v) is 7.90. The SMILES string of the molecule is CN(C(C)(C)CO)S(=O)(=O)c1ccc(CCN)s1. The van der Waals surface area contributed by atoms with Gasteiger partial charge in [0.15, 0.2) is 0 Å². The van der Waals surface area contributed by atoms with E-state index in [1.54, 1.807) is 26.0 Å². The van der Waals surface area contributed by atoms with Crippen molar-refractivity contribution >= 4 is 21.4 Å². The lowest BCUT2D eigenvalue weighted by molar-refractivity contribution is 0.138. The van der Waals surface area contributed by atoms with E-state index in [4.69, 9.17) is 5.73 Å². The fourth-order valence-corrected chi connectivity index (χ4v) is 4.38. The second kappa shape index (κ2) is 5.66. The zero-order chi connectivity index (χ0) is 14.0. The van der Waals surface area contributed by atoms with E-state index in [9.17, 15) is 13.5 Å². The van der Waals surface area contributed by atoms with Gasteiger partial charge in [-0.2, -0.15) is 4.31 Å². The van der Waals surface area contributed by atoms with E-state index in [-0.39, 0.29) is 10.8 Å². The normalized spacial score (nSPS) is 13.2. The minimum absolute atomic E-state index is 0.232. The van der Waals surface area contributed by atoms with Crippen molar-refractivity contribution in [2.24, 2.45) is 5.73 Å². The molecule has 7 heteroatoms. The predicted octanol–water partition coefficient (Wildman–Crippen LogP) is 0.641. The first-order valence-electron chi connectivity index (χ1n) is 5.64. The van der Waals surface area contributed by atoms with Crippen molar-refractivity contribution in [3.8, 4) is 0 Å². The smallest absolute Gasteiger partial charge is 0.252 e. The van der Waals surface area contributed by atoms with E-state index in [0.29, 0.717) is 13.0 Å². The summed E-state index contributed by atoms with van der Waals surface area (Å²) in [4.78, 5) is 0.950. The maximum absolute atomic E-state index is 12.3. The molecule has 1 aromatic rings. The van der Waals surface area contributed by atoms with E-state index >= 15 is 0 Å². The van der Waals surface area contributed by atoms with Crippen LogP contribution >= 0.6 is 11.3 Å². The third kappa shape index (κ3) is 3.10. The quantitative estimate of drug-likeness (QED) is 0.806. The third-order valence-electron chi connectivity index (χ3n) is 2.88. The molecule has 0 unspecified atom stereocenters. The lowest BCUT2D eigenvalue weighted by atomic mass is 10.1. The zero-order valence-corrected chi connectivity index (χ0v) is 12.5. The number of nitrogens with two attached hydrogens (primary N) is 1. The molecular formula is C11H20N2O3S2. The molecule has 0 spiro atoms. The summed E-state index contributed by atoms with van der Waals surface area (Å²) in [5, 5.41) is 9.24. The molecule has 0 aromatic carbocycles. The van der Waals surface area contributed by atoms with Crippen LogP contribution in [0.25, 0.3) is 0 Å². The number of thiophene rings is 1. The van der Waals surface area contributed by atoms with Crippen molar-refractivity contribution in [2.45, 2.75) is 30.0 Å². The average Bonchev–Trinajstić information content (AvgIpc) is 2.77. The molecule has 0 saturated carbocycles. The summed E-state index contributed by atoms with van der Waals surface area (Å²) in [5.74, 6) is 0. The van der Waals surface area contributed by atoms with Crippen LogP contribution in [0.15, 0.2) is 16.3 Å². The van der Waals surface area contributed by atoms with E-state index in [1.165, 1.54) is 22.7 Å². The van der Waals surface area contributed by atoms with Crippen molar-refractivity contribution in [1.82, 2.24) is 4.31 Å². The van der Waals surface area contributed by atoms with Crippen molar-refractivity contribution in [1.29, 1.82) is 0 Å². The monoisotopic (exact) mass is 292 g/mol. The first-order chi connectivity index (χ1) is 8.25. The van der Waals surface area contributed by atoms with Crippen molar-refractivity contribution in [2.75, 3.05) is 20.2 Å². The Morgan fingerprint density at radius 3 is 2.56 bits per heavy atom. The predicted molar refractivity (Wildman–Crippen MR) is 73.2 cm³/mol. The molecule has 0 aliphatic heterocycles. The summed E-state index contributed by atoms with van der Waals surface area (Å²) in [5.41, 5.74) is 4.62. The highest BCUT2D eigenvalue weighted by Gasteiger charge is 2.34. The third-order valence-corrected chi connectivity index (χ3v) is 6.56. The van der Waals surface area contributed by atoms with Crippen LogP contribution in [0.2, 0.25) is 0 Å². The van der Waals surface area contributed by atoms with Crippen LogP contribution in [0.1, 0.15) is 18.7 Å². The highest BCUT2D eigenvalue weighted by molar-refractivity contribution is 7.91. The number of aliphatic hydroxyl groups excluding tert-OH is 1. The Labute approximate surface area is 112 Å². The van der Waals surface area contributed by atoms with Gasteiger partial charge in [0.2, 0.25) is 0 Å². The number of nitrogens with zero attached hydrogens (tertiary/aromatic N) is 1. The Bertz CT molecular complexity index is 494. The van der Waals surface area contributed by atoms with Crippen LogP contribution in [0.4, 0.5) is 0 Å². The summed E-state index contributed by atoms with van der Waals surface area (Å²) in [7, 11) is -2.08. The van der Waals surface area contributed by atoms with E-state index < -0.39 is 15.6 Å². The standard InChI is InChI=1S/C11H20N2O3S2/c1-11(2,8-14)13(3)18(15,16)10-5-4-9(17-10)6-7-12/h4-5,14H,6-8,12H2,1-3H3. The minimum atomic E-state index is -3.56. The number of aliphatic hydroxyl groups is 1. The lowest BCUT2D eigenvalue weighted by Gasteiger charge is -2.32. The topological polar surface area (TPSA) is 83.6 Å². The van der Waals surface area contributed by atoms with Crippen LogP contribution in [-0.2, 0) is 16.4 Å². The molecule has 0 radical (unpaired) electrons. The molecule has 0 bridgehead atoms. The molecule has 0 saturated heterocycles. The summed E-state index contributed by atoms with van der Waals surface area (Å²) >= 11 is 1.23. The summed E-state index contributed by atoms with van der Waals surface area (Å²) in [6.07, 6.45) is 0.674. The van der Waals surface area contributed by atoms with Crippen molar-refractivity contribution in [3.05, 3.63) is 17.0 Å². The number of sulfonamides is 1. The Kier molecular flexibility index (Phi) is 4.90. The highest BCUT2D eigenvalue weighted by Crippen LogP contribution is 2.28. The summed E-state index contributed by atoms with van der Waals surface area (Å²) in [6.45, 7) is 3.62. The van der Waals surface area contributed by atoms with Crippen molar-refractivity contribution in [3.63, 3.8) is 0 Å². The fourth-order valence-electron chi connectivity index (χ4n) is 1.33. The van der Waals surface area contributed by atoms with Crippen LogP contribution in [0.5, 0.6) is 0 Å². The van der Waals surface area contributed by atoms with Gasteiger partial charge in [0.25, 0.3) is 10.0 Å². The molecule has 104 valence electrons. The Morgan fingerprint density at radius 2 is 2.06 bits per heavy atom. The second-order valence-electron chi connectivity index (χ2n) is 4.70. The highest BCUT2D eigenvalue weighted by atomic mass is 32.2. The number of rotatable bonds is 6. The molecule has 0 fully saturated rings. The van der Waals surface area contributed by atoms with Gasteiger partial charge < -0.3 is 10.8 Å². The summed E-state index contributed by atoms with van der Waals surface area (Å²) < 4.78 is 26.2. The van der Waals surface area contributed by atoms with Crippen LogP contribution in [0, 0.1) is 0 Å². The molecule has 1 heterocycles. The Balaban J connectivity index is 3.05. The van der Waals surface area contributed by atoms with Gasteiger partial charge >= 0.3 is 0 Å². The van der Waals surface area contributed by atoms with Gasteiger partial charge in [-0.25, -0.2) is 8.42 Å². The molecule has 1 aromatic heterocycles. The molecule has 18 heavy (non-hydrogen) atoms. The molecule has 3 N–H and O–H groups in total. The van der Waals surface area contributed by atoms with Gasteiger partial charge in [0, 0.05) is 11.9 Å². The second-order valence-corrected chi connectivity index (χ2v) is 8.07. The van der Waals surface area contributed by atoms with E-state index in [2.05, 4.69) is 0 Å². The number of hydrogen-bond acceptors (Lipinski definition) is 5. The van der Waals surface area contributed by atoms with Gasteiger partial charge in [-0.1, -0.05) is 0 Å². The van der Waals surface area contributed by atoms with Gasteiger partial charge in [-0.15, -0.1) is 11.3 Å². The molecule has 0 aliphatic carbocycles. The Morgan fingerprint density at radius 1 is 1.44 bits per heavy atom. The molecule has 5 nitrogen and oxygen atoms in total. The number of likely N-dealkylation sites (N-methyl/N-ethyl adjacent to an activating group) is 1. The van der Waals surface area contributed by atoms with Crippen molar-refractivity contribution < 1.29 is 13.5 Å². The minimum Gasteiger partial charge on any atom is -0.394 e. The first kappa shape index (κ1) is 15.6. The fraction of sp³-hybridized carbons (Fsp3) is 0.636. The van der Waals surface area contributed by atoms with Gasteiger partial charge in [0.1, 0.15) is 4.21 Å². The van der Waals surface area contributed by atoms with Gasteiger partial charge in [-0.3, -0.25) is 0 Å². The van der Waals surface area contributed by atoms with E-state index in [1.807, 2.05) is 0 Å². The largest absolute Gasteiger partial charge is 0.394 e. The van der Waals surface area contributed by atoms with Gasteiger partial charge in [0.05, 0.1) is 12.1 Å². The summed E-state index contributed by atoms with van der Waals surface area (Å²) in [6, 6.07) is 3.37. The molecule has 1 rings (SSSR count). The van der Waals surface area contributed by atoms with Gasteiger partial charge in [-0.05, 0) is 38.9 Å². The molecule has 0 amide bonds. The average molecular weight is 292 g/mol. The molecule has 0 atom stereocenters. The zero-order valence-electron chi connectivity index (χ0n) is 10.9. The maximum atomic E-state index is 12.3.